The van der Waals surface area contributed by atoms with Crippen molar-refractivity contribution < 1.29 is 9.47 Å². The minimum Gasteiger partial charge on any atom is -0.376 e. The molecule has 98 valence electrons. The van der Waals surface area contributed by atoms with E-state index in [1.54, 1.807) is 0 Å². The maximum absolute atomic E-state index is 5.64. The molecule has 3 nitrogen and oxygen atoms in total. The SMILES string of the molecule is CCC(C)(C)NCC(C)OCCOC(C)C. The van der Waals surface area contributed by atoms with Gasteiger partial charge in [-0.25, -0.2) is 0 Å². The Morgan fingerprint density at radius 1 is 1.06 bits per heavy atom. The number of ether oxygens (including phenoxy) is 2. The summed E-state index contributed by atoms with van der Waals surface area (Å²) < 4.78 is 11.1. The quantitative estimate of drug-likeness (QED) is 0.619. The summed E-state index contributed by atoms with van der Waals surface area (Å²) in [6.45, 7) is 15.0. The van der Waals surface area contributed by atoms with Gasteiger partial charge in [0, 0.05) is 12.1 Å². The summed E-state index contributed by atoms with van der Waals surface area (Å²) in [5.41, 5.74) is 0.200. The molecule has 0 aliphatic carbocycles. The number of hydrogen-bond donors (Lipinski definition) is 1. The molecule has 0 rings (SSSR count). The van der Waals surface area contributed by atoms with Crippen LogP contribution in [0.2, 0.25) is 0 Å². The Bertz CT molecular complexity index is 169. The molecule has 0 bridgehead atoms. The Balaban J connectivity index is 3.48. The minimum absolute atomic E-state index is 0.200. The van der Waals surface area contributed by atoms with Gasteiger partial charge in [0.25, 0.3) is 0 Å². The third kappa shape index (κ3) is 9.13. The second-order valence-corrected chi connectivity index (χ2v) is 5.22. The largest absolute Gasteiger partial charge is 0.376 e. The number of nitrogens with one attached hydrogen (secondary N) is 1. The highest BCUT2D eigenvalue weighted by molar-refractivity contribution is 4.76. The fourth-order valence-corrected chi connectivity index (χ4v) is 1.14. The third-order valence-corrected chi connectivity index (χ3v) is 2.69. The lowest BCUT2D eigenvalue weighted by Gasteiger charge is -2.26. The van der Waals surface area contributed by atoms with Gasteiger partial charge >= 0.3 is 0 Å². The first-order valence-corrected chi connectivity index (χ1v) is 6.35. The van der Waals surface area contributed by atoms with Gasteiger partial charge < -0.3 is 14.8 Å². The Morgan fingerprint density at radius 2 is 1.62 bits per heavy atom. The standard InChI is InChI=1S/C13H29NO2/c1-7-13(5,6)14-10-12(4)16-9-8-15-11(2)3/h11-12,14H,7-10H2,1-6H3. The van der Waals surface area contributed by atoms with Crippen molar-refractivity contribution in [1.82, 2.24) is 5.32 Å². The topological polar surface area (TPSA) is 30.5 Å². The molecule has 16 heavy (non-hydrogen) atoms. The molecule has 0 saturated carbocycles. The van der Waals surface area contributed by atoms with E-state index in [4.69, 9.17) is 9.47 Å². The van der Waals surface area contributed by atoms with Gasteiger partial charge in [-0.2, -0.15) is 0 Å². The van der Waals surface area contributed by atoms with Crippen molar-refractivity contribution in [2.75, 3.05) is 19.8 Å². The second kappa shape index (κ2) is 8.04. The Hall–Kier alpha value is -0.120. The van der Waals surface area contributed by atoms with Crippen LogP contribution < -0.4 is 5.32 Å². The molecule has 3 heteroatoms. The Kier molecular flexibility index (Phi) is 7.98. The molecular weight excluding hydrogens is 202 g/mol. The summed E-state index contributed by atoms with van der Waals surface area (Å²) in [7, 11) is 0. The van der Waals surface area contributed by atoms with Crippen LogP contribution in [0.4, 0.5) is 0 Å². The van der Waals surface area contributed by atoms with Gasteiger partial charge in [0.15, 0.2) is 0 Å². The molecule has 0 spiro atoms. The van der Waals surface area contributed by atoms with Gasteiger partial charge in [-0.15, -0.1) is 0 Å². The molecule has 0 aromatic rings. The normalized spacial score (nSPS) is 14.4. The van der Waals surface area contributed by atoms with Crippen molar-refractivity contribution in [2.45, 2.75) is 65.7 Å². The van der Waals surface area contributed by atoms with Crippen LogP contribution in [-0.4, -0.2) is 37.5 Å². The highest BCUT2D eigenvalue weighted by Crippen LogP contribution is 2.06. The van der Waals surface area contributed by atoms with Gasteiger partial charge in [0.05, 0.1) is 25.4 Å². The van der Waals surface area contributed by atoms with Gasteiger partial charge in [-0.1, -0.05) is 6.92 Å². The van der Waals surface area contributed by atoms with Crippen molar-refractivity contribution in [3.05, 3.63) is 0 Å². The van der Waals surface area contributed by atoms with Crippen molar-refractivity contribution in [2.24, 2.45) is 0 Å². The predicted octanol–water partition coefficient (Wildman–Crippen LogP) is 2.59. The molecule has 0 aromatic heterocycles. The van der Waals surface area contributed by atoms with E-state index >= 15 is 0 Å². The first-order chi connectivity index (χ1) is 7.37. The van der Waals surface area contributed by atoms with Gasteiger partial charge in [-0.3, -0.25) is 0 Å². The zero-order chi connectivity index (χ0) is 12.6. The average molecular weight is 231 g/mol. The predicted molar refractivity (Wildman–Crippen MR) is 68.9 cm³/mol. The first kappa shape index (κ1) is 15.9. The molecule has 1 atom stereocenters. The van der Waals surface area contributed by atoms with Gasteiger partial charge in [0.2, 0.25) is 0 Å². The van der Waals surface area contributed by atoms with E-state index in [1.807, 2.05) is 13.8 Å². The van der Waals surface area contributed by atoms with E-state index in [2.05, 4.69) is 33.0 Å². The monoisotopic (exact) mass is 231 g/mol. The fraction of sp³-hybridized carbons (Fsp3) is 1.00. The summed E-state index contributed by atoms with van der Waals surface area (Å²) in [5.74, 6) is 0. The molecule has 0 amide bonds. The molecule has 0 aliphatic heterocycles. The van der Waals surface area contributed by atoms with Crippen LogP contribution in [0.5, 0.6) is 0 Å². The lowest BCUT2D eigenvalue weighted by molar-refractivity contribution is -0.00780. The van der Waals surface area contributed by atoms with Crippen molar-refractivity contribution in [3.63, 3.8) is 0 Å². The van der Waals surface area contributed by atoms with Crippen LogP contribution in [0.3, 0.4) is 0 Å². The molecule has 0 aliphatic rings. The molecule has 0 saturated heterocycles. The van der Waals surface area contributed by atoms with Crippen LogP contribution in [0.25, 0.3) is 0 Å². The maximum Gasteiger partial charge on any atom is 0.0704 e. The maximum atomic E-state index is 5.64. The minimum atomic E-state index is 0.200. The molecule has 1 unspecified atom stereocenters. The summed E-state index contributed by atoms with van der Waals surface area (Å²) >= 11 is 0. The summed E-state index contributed by atoms with van der Waals surface area (Å²) in [6.07, 6.45) is 1.65. The zero-order valence-electron chi connectivity index (χ0n) is 11.8. The van der Waals surface area contributed by atoms with Crippen LogP contribution >= 0.6 is 0 Å². The van der Waals surface area contributed by atoms with Gasteiger partial charge in [0.1, 0.15) is 0 Å². The summed E-state index contributed by atoms with van der Waals surface area (Å²) in [5, 5.41) is 3.49. The van der Waals surface area contributed by atoms with Crippen molar-refractivity contribution >= 4 is 0 Å². The summed E-state index contributed by atoms with van der Waals surface area (Å²) in [6, 6.07) is 0. The lowest BCUT2D eigenvalue weighted by Crippen LogP contribution is -2.43. The highest BCUT2D eigenvalue weighted by Gasteiger charge is 2.15. The van der Waals surface area contributed by atoms with Crippen LogP contribution in [0.1, 0.15) is 48.0 Å². The Morgan fingerprint density at radius 3 is 2.12 bits per heavy atom. The molecule has 0 heterocycles. The molecule has 0 radical (unpaired) electrons. The summed E-state index contributed by atoms with van der Waals surface area (Å²) in [4.78, 5) is 0. The molecular formula is C13H29NO2. The number of rotatable bonds is 9. The van der Waals surface area contributed by atoms with E-state index in [-0.39, 0.29) is 17.7 Å². The molecule has 1 N–H and O–H groups in total. The van der Waals surface area contributed by atoms with Crippen molar-refractivity contribution in [1.29, 1.82) is 0 Å². The van der Waals surface area contributed by atoms with Crippen LogP contribution in [0.15, 0.2) is 0 Å². The number of hydrogen-bond acceptors (Lipinski definition) is 3. The van der Waals surface area contributed by atoms with Crippen molar-refractivity contribution in [3.8, 4) is 0 Å². The van der Waals surface area contributed by atoms with E-state index < -0.39 is 0 Å². The van der Waals surface area contributed by atoms with E-state index in [1.165, 1.54) is 0 Å². The molecule has 0 aromatic carbocycles. The lowest BCUT2D eigenvalue weighted by atomic mass is 10.0. The van der Waals surface area contributed by atoms with E-state index in [9.17, 15) is 0 Å². The van der Waals surface area contributed by atoms with Gasteiger partial charge in [-0.05, 0) is 41.0 Å². The smallest absolute Gasteiger partial charge is 0.0704 e. The van der Waals surface area contributed by atoms with Crippen LogP contribution in [0, 0.1) is 0 Å². The Labute approximate surface area is 101 Å². The second-order valence-electron chi connectivity index (χ2n) is 5.22. The molecule has 0 fully saturated rings. The average Bonchev–Trinajstić information content (AvgIpc) is 2.21. The highest BCUT2D eigenvalue weighted by atomic mass is 16.5. The van der Waals surface area contributed by atoms with E-state index in [0.29, 0.717) is 13.2 Å². The first-order valence-electron chi connectivity index (χ1n) is 6.35. The van der Waals surface area contributed by atoms with E-state index in [0.717, 1.165) is 13.0 Å². The fourth-order valence-electron chi connectivity index (χ4n) is 1.14. The third-order valence-electron chi connectivity index (χ3n) is 2.69. The zero-order valence-corrected chi connectivity index (χ0v) is 11.8. The van der Waals surface area contributed by atoms with Crippen LogP contribution in [-0.2, 0) is 9.47 Å².